The zero-order valence-electron chi connectivity index (χ0n) is 16.0. The summed E-state index contributed by atoms with van der Waals surface area (Å²) in [5, 5.41) is 0. The van der Waals surface area contributed by atoms with E-state index in [4.69, 9.17) is 9.47 Å². The summed E-state index contributed by atoms with van der Waals surface area (Å²) in [5.74, 6) is -0.663. The topological polar surface area (TPSA) is 116 Å². The summed E-state index contributed by atoms with van der Waals surface area (Å²) in [6.07, 6.45) is -0.235. The molecule has 0 radical (unpaired) electrons. The summed E-state index contributed by atoms with van der Waals surface area (Å²) in [4.78, 5) is 35.0. The number of hydrogen-bond donors (Lipinski definition) is 1. The van der Waals surface area contributed by atoms with Gasteiger partial charge in [-0.15, -0.1) is 0 Å². The largest absolute Gasteiger partial charge is 0.497 e. The first-order chi connectivity index (χ1) is 13.7. The number of ketones is 2. The summed E-state index contributed by atoms with van der Waals surface area (Å²) in [6.45, 7) is 0.754. The molecule has 154 valence electrons. The number of ether oxygens (including phenoxy) is 2. The number of Topliss-reactive ketones (excluding diaryl/α,β-unsaturated/α-hetero) is 2. The number of carbonyl (C=O) groups is 3. The third-order valence-corrected chi connectivity index (χ3v) is 5.45. The molecule has 0 bridgehead atoms. The summed E-state index contributed by atoms with van der Waals surface area (Å²) in [7, 11) is -2.32. The van der Waals surface area contributed by atoms with Gasteiger partial charge in [-0.1, -0.05) is 12.1 Å². The van der Waals surface area contributed by atoms with Gasteiger partial charge in [-0.05, 0) is 43.3 Å². The van der Waals surface area contributed by atoms with Crippen molar-refractivity contribution in [1.29, 1.82) is 0 Å². The third-order valence-electron chi connectivity index (χ3n) is 3.97. The fourth-order valence-corrected chi connectivity index (χ4v) is 3.35. The summed E-state index contributed by atoms with van der Waals surface area (Å²) >= 11 is 0. The summed E-state index contributed by atoms with van der Waals surface area (Å²) in [6, 6.07) is 11.8. The lowest BCUT2D eigenvalue weighted by Crippen LogP contribution is -2.27. The van der Waals surface area contributed by atoms with Crippen LogP contribution in [0.5, 0.6) is 5.75 Å². The second-order valence-corrected chi connectivity index (χ2v) is 7.81. The second kappa shape index (κ2) is 9.94. The minimum Gasteiger partial charge on any atom is -0.497 e. The molecule has 0 saturated carbocycles. The molecule has 2 aromatic carbocycles. The zero-order valence-corrected chi connectivity index (χ0v) is 16.8. The van der Waals surface area contributed by atoms with Crippen LogP contribution in [0.3, 0.4) is 0 Å². The van der Waals surface area contributed by atoms with Crippen LogP contribution >= 0.6 is 0 Å². The number of benzene rings is 2. The van der Waals surface area contributed by atoms with Crippen molar-refractivity contribution in [2.75, 3.05) is 20.3 Å². The van der Waals surface area contributed by atoms with Crippen molar-refractivity contribution < 1.29 is 32.3 Å². The van der Waals surface area contributed by atoms with Crippen LogP contribution in [0.2, 0.25) is 0 Å². The number of sulfonamides is 1. The lowest BCUT2D eigenvalue weighted by Gasteiger charge is -2.08. The lowest BCUT2D eigenvalue weighted by molar-refractivity contribution is -0.142. The maximum Gasteiger partial charge on any atom is 0.307 e. The molecule has 9 heteroatoms. The average molecular weight is 419 g/mol. The van der Waals surface area contributed by atoms with Gasteiger partial charge < -0.3 is 9.47 Å². The molecule has 0 saturated heterocycles. The Morgan fingerprint density at radius 2 is 1.52 bits per heavy atom. The van der Waals surface area contributed by atoms with Gasteiger partial charge >= 0.3 is 5.97 Å². The first kappa shape index (κ1) is 22.3. The van der Waals surface area contributed by atoms with Crippen molar-refractivity contribution in [1.82, 2.24) is 4.72 Å². The van der Waals surface area contributed by atoms with Crippen LogP contribution in [-0.4, -0.2) is 46.2 Å². The maximum absolute atomic E-state index is 12.2. The van der Waals surface area contributed by atoms with Crippen molar-refractivity contribution in [3.05, 3.63) is 59.7 Å². The Morgan fingerprint density at radius 3 is 2.07 bits per heavy atom. The van der Waals surface area contributed by atoms with E-state index in [1.807, 2.05) is 0 Å². The van der Waals surface area contributed by atoms with E-state index in [1.165, 1.54) is 38.3 Å². The molecule has 0 fully saturated rings. The van der Waals surface area contributed by atoms with Crippen LogP contribution < -0.4 is 9.46 Å². The van der Waals surface area contributed by atoms with Gasteiger partial charge in [0.2, 0.25) is 10.0 Å². The van der Waals surface area contributed by atoms with Crippen LogP contribution in [0.15, 0.2) is 53.4 Å². The van der Waals surface area contributed by atoms with Crippen LogP contribution in [0.25, 0.3) is 0 Å². The van der Waals surface area contributed by atoms with Crippen molar-refractivity contribution >= 4 is 27.6 Å². The van der Waals surface area contributed by atoms with Gasteiger partial charge in [0.15, 0.2) is 18.2 Å². The zero-order chi connectivity index (χ0) is 21.4. The highest BCUT2D eigenvalue weighted by Gasteiger charge is 2.16. The van der Waals surface area contributed by atoms with E-state index in [2.05, 4.69) is 4.72 Å². The molecule has 0 heterocycles. The molecule has 0 unspecified atom stereocenters. The third kappa shape index (κ3) is 6.51. The standard InChI is InChI=1S/C20H21NO7S/c1-14(22)15-5-9-18(10-6-15)29(25,26)21-12-11-20(24)28-13-19(23)16-3-7-17(27-2)8-4-16/h3-10,21H,11-13H2,1-2H3. The first-order valence-corrected chi connectivity index (χ1v) is 10.1. The fourth-order valence-electron chi connectivity index (χ4n) is 2.32. The molecule has 0 aromatic heterocycles. The number of methoxy groups -OCH3 is 1. The molecular weight excluding hydrogens is 398 g/mol. The van der Waals surface area contributed by atoms with Crippen LogP contribution in [0.1, 0.15) is 34.1 Å². The van der Waals surface area contributed by atoms with Crippen molar-refractivity contribution in [3.8, 4) is 5.75 Å². The number of hydrogen-bond acceptors (Lipinski definition) is 7. The highest BCUT2D eigenvalue weighted by atomic mass is 32.2. The molecular formula is C20H21NO7S. The van der Waals surface area contributed by atoms with Crippen molar-refractivity contribution in [2.24, 2.45) is 0 Å². The minimum atomic E-state index is -3.83. The van der Waals surface area contributed by atoms with Crippen LogP contribution in [0, 0.1) is 0 Å². The smallest absolute Gasteiger partial charge is 0.307 e. The molecule has 2 rings (SSSR count). The molecule has 0 atom stereocenters. The minimum absolute atomic E-state index is 0.0226. The van der Waals surface area contributed by atoms with Gasteiger partial charge in [-0.2, -0.15) is 0 Å². The molecule has 29 heavy (non-hydrogen) atoms. The summed E-state index contributed by atoms with van der Waals surface area (Å²) < 4.78 is 36.5. The Bertz CT molecular complexity index is 980. The Kier molecular flexibility index (Phi) is 7.63. The molecule has 8 nitrogen and oxygen atoms in total. The molecule has 0 aliphatic heterocycles. The SMILES string of the molecule is COc1ccc(C(=O)COC(=O)CCNS(=O)(=O)c2ccc(C(C)=O)cc2)cc1. The Morgan fingerprint density at radius 1 is 0.931 bits per heavy atom. The van der Waals surface area contributed by atoms with Crippen molar-refractivity contribution in [2.45, 2.75) is 18.2 Å². The fraction of sp³-hybridized carbons (Fsp3) is 0.250. The van der Waals surface area contributed by atoms with Gasteiger partial charge in [0.1, 0.15) is 5.75 Å². The van der Waals surface area contributed by atoms with Gasteiger partial charge in [0.25, 0.3) is 0 Å². The van der Waals surface area contributed by atoms with E-state index in [1.54, 1.807) is 24.3 Å². The van der Waals surface area contributed by atoms with Gasteiger partial charge in [-0.3, -0.25) is 14.4 Å². The highest BCUT2D eigenvalue weighted by molar-refractivity contribution is 7.89. The molecule has 0 spiro atoms. The lowest BCUT2D eigenvalue weighted by atomic mass is 10.1. The summed E-state index contributed by atoms with van der Waals surface area (Å²) in [5.41, 5.74) is 0.766. The Labute approximate surface area is 168 Å². The average Bonchev–Trinajstić information content (AvgIpc) is 2.72. The first-order valence-electron chi connectivity index (χ1n) is 8.66. The number of carbonyl (C=O) groups excluding carboxylic acids is 3. The number of esters is 1. The van der Waals surface area contributed by atoms with Crippen LogP contribution in [-0.2, 0) is 19.6 Å². The Balaban J connectivity index is 1.79. The molecule has 0 aliphatic rings. The van der Waals surface area contributed by atoms with Gasteiger partial charge in [-0.25, -0.2) is 13.1 Å². The van der Waals surface area contributed by atoms with Crippen LogP contribution in [0.4, 0.5) is 0 Å². The van der Waals surface area contributed by atoms with E-state index in [0.717, 1.165) is 0 Å². The quantitative estimate of drug-likeness (QED) is 0.462. The van der Waals surface area contributed by atoms with E-state index in [9.17, 15) is 22.8 Å². The van der Waals surface area contributed by atoms with Gasteiger partial charge in [0, 0.05) is 17.7 Å². The Hall–Kier alpha value is -3.04. The van der Waals surface area contributed by atoms with E-state index < -0.39 is 22.6 Å². The van der Waals surface area contributed by atoms with Gasteiger partial charge in [0.05, 0.1) is 18.4 Å². The molecule has 1 N–H and O–H groups in total. The normalized spacial score (nSPS) is 11.0. The predicted molar refractivity (Wildman–Crippen MR) is 105 cm³/mol. The van der Waals surface area contributed by atoms with E-state index in [-0.39, 0.29) is 29.4 Å². The van der Waals surface area contributed by atoms with Crippen molar-refractivity contribution in [3.63, 3.8) is 0 Å². The predicted octanol–water partition coefficient (Wildman–Crippen LogP) is 1.99. The monoisotopic (exact) mass is 419 g/mol. The van der Waals surface area contributed by atoms with E-state index in [0.29, 0.717) is 16.9 Å². The highest BCUT2D eigenvalue weighted by Crippen LogP contribution is 2.12. The molecule has 0 aliphatic carbocycles. The number of nitrogens with one attached hydrogen (secondary N) is 1. The van der Waals surface area contributed by atoms with E-state index >= 15 is 0 Å². The maximum atomic E-state index is 12.2. The number of rotatable bonds is 10. The molecule has 2 aromatic rings. The molecule has 0 amide bonds. The second-order valence-electron chi connectivity index (χ2n) is 6.04.